The van der Waals surface area contributed by atoms with Gasteiger partial charge in [0.25, 0.3) is 16.0 Å². The summed E-state index contributed by atoms with van der Waals surface area (Å²) in [5, 5.41) is 0. The molecule has 5 N–H and O–H groups in total. The Labute approximate surface area is 156 Å². The lowest BCUT2D eigenvalue weighted by atomic mass is 9.94. The number of carbonyl (C=O) groups is 1. The predicted octanol–water partition coefficient (Wildman–Crippen LogP) is 1.43. The molecule has 0 fully saturated rings. The molecule has 0 radical (unpaired) electrons. The highest BCUT2D eigenvalue weighted by Gasteiger charge is 2.15. The number of ether oxygens (including phenoxy) is 1. The molecular weight excluding hydrogens is 370 g/mol. The Kier molecular flexibility index (Phi) is 6.32. The number of nitrogens with two attached hydrogens (primary N) is 2. The Balaban J connectivity index is 0.000000465. The molecule has 1 amide bonds. The van der Waals surface area contributed by atoms with E-state index in [0.717, 1.165) is 22.4 Å². The van der Waals surface area contributed by atoms with Crippen molar-refractivity contribution in [1.82, 2.24) is 0 Å². The van der Waals surface area contributed by atoms with Crippen LogP contribution >= 0.6 is 0 Å². The fraction of sp³-hybridized carbons (Fsp3) is 0.111. The summed E-state index contributed by atoms with van der Waals surface area (Å²) in [6.45, 7) is 0.498. The van der Waals surface area contributed by atoms with Crippen molar-refractivity contribution in [2.24, 2.45) is 16.5 Å². The number of rotatable bonds is 2. The van der Waals surface area contributed by atoms with E-state index in [2.05, 4.69) is 4.99 Å². The maximum absolute atomic E-state index is 11.9. The van der Waals surface area contributed by atoms with Gasteiger partial charge in [-0.2, -0.15) is 13.4 Å². The summed E-state index contributed by atoms with van der Waals surface area (Å²) in [6.07, 6.45) is 2.71. The van der Waals surface area contributed by atoms with Gasteiger partial charge < -0.3 is 16.2 Å². The topological polar surface area (TPSA) is 145 Å². The van der Waals surface area contributed by atoms with E-state index in [4.69, 9.17) is 20.8 Å². The van der Waals surface area contributed by atoms with Gasteiger partial charge in [0.05, 0.1) is 6.26 Å². The number of amides is 1. The van der Waals surface area contributed by atoms with E-state index in [1.54, 1.807) is 12.1 Å². The molecule has 8 nitrogen and oxygen atoms in total. The van der Waals surface area contributed by atoms with Crippen LogP contribution in [0.2, 0.25) is 0 Å². The van der Waals surface area contributed by atoms with Crippen molar-refractivity contribution in [3.63, 3.8) is 0 Å². The third-order valence-electron chi connectivity index (χ3n) is 3.35. The van der Waals surface area contributed by atoms with Gasteiger partial charge in [-0.1, -0.05) is 30.3 Å². The van der Waals surface area contributed by atoms with Gasteiger partial charge in [0.2, 0.25) is 0 Å². The molecule has 0 bridgehead atoms. The first-order valence-corrected chi connectivity index (χ1v) is 9.59. The summed E-state index contributed by atoms with van der Waals surface area (Å²) in [5.41, 5.74) is 13.9. The smallest absolute Gasteiger partial charge is 0.280 e. The number of hydrogen-bond donors (Lipinski definition) is 3. The monoisotopic (exact) mass is 389 g/mol. The number of nitrogens with zero attached hydrogens (tertiary/aromatic N) is 1. The first kappa shape index (κ1) is 20.1. The molecule has 0 saturated heterocycles. The van der Waals surface area contributed by atoms with E-state index in [-0.39, 0.29) is 5.96 Å². The van der Waals surface area contributed by atoms with Gasteiger partial charge in [-0.15, -0.1) is 0 Å². The molecule has 1 aliphatic heterocycles. The highest BCUT2D eigenvalue weighted by atomic mass is 32.2. The van der Waals surface area contributed by atoms with Gasteiger partial charge in [-0.05, 0) is 35.4 Å². The molecule has 9 heteroatoms. The standard InChI is InChI=1S/C17H15N3O2.CH4O3S/c18-17(19)20-16(21)12-5-3-4-11(10-12)13-8-9-22-15-7-2-1-6-14(13)15;1-5(2,3)4/h1-8,10H,9H2,(H4,18,19,20,21);1H3,(H,2,3,4). The fourth-order valence-electron chi connectivity index (χ4n) is 2.41. The number of aliphatic imine (C=N–C) groups is 1. The first-order chi connectivity index (χ1) is 12.6. The Morgan fingerprint density at radius 3 is 2.48 bits per heavy atom. The minimum Gasteiger partial charge on any atom is -0.489 e. The Bertz CT molecular complexity index is 1000. The Hall–Kier alpha value is -3.17. The highest BCUT2D eigenvalue weighted by molar-refractivity contribution is 7.85. The fourth-order valence-corrected chi connectivity index (χ4v) is 2.41. The van der Waals surface area contributed by atoms with E-state index >= 15 is 0 Å². The van der Waals surface area contributed by atoms with Crippen LogP contribution in [0.25, 0.3) is 5.57 Å². The van der Waals surface area contributed by atoms with Crippen LogP contribution in [0.4, 0.5) is 0 Å². The summed E-state index contributed by atoms with van der Waals surface area (Å²) >= 11 is 0. The Morgan fingerprint density at radius 1 is 1.15 bits per heavy atom. The van der Waals surface area contributed by atoms with Crippen LogP contribution < -0.4 is 16.2 Å². The van der Waals surface area contributed by atoms with Gasteiger partial charge in [0.15, 0.2) is 5.96 Å². The molecule has 0 aromatic heterocycles. The summed E-state index contributed by atoms with van der Waals surface area (Å²) in [6, 6.07) is 15.0. The largest absolute Gasteiger partial charge is 0.489 e. The zero-order valence-electron chi connectivity index (χ0n) is 14.5. The summed E-state index contributed by atoms with van der Waals surface area (Å²) < 4.78 is 31.5. The first-order valence-electron chi connectivity index (χ1n) is 7.74. The number of benzene rings is 2. The van der Waals surface area contributed by atoms with Crippen molar-refractivity contribution < 1.29 is 22.5 Å². The third kappa shape index (κ3) is 6.24. The average molecular weight is 389 g/mol. The van der Waals surface area contributed by atoms with E-state index in [1.807, 2.05) is 42.5 Å². The van der Waals surface area contributed by atoms with Gasteiger partial charge in [-0.3, -0.25) is 9.35 Å². The molecule has 2 aromatic rings. The molecule has 142 valence electrons. The lowest BCUT2D eigenvalue weighted by molar-refractivity contribution is 0.100. The number of para-hydroxylation sites is 1. The van der Waals surface area contributed by atoms with Crippen LogP contribution in [0, 0.1) is 0 Å². The molecule has 1 aliphatic rings. The van der Waals surface area contributed by atoms with Crippen LogP contribution in [-0.2, 0) is 10.1 Å². The maximum Gasteiger partial charge on any atom is 0.280 e. The normalized spacial score (nSPS) is 12.4. The third-order valence-corrected chi connectivity index (χ3v) is 3.35. The van der Waals surface area contributed by atoms with Crippen molar-refractivity contribution in [3.05, 3.63) is 71.3 Å². The lowest BCUT2D eigenvalue weighted by Crippen LogP contribution is -2.24. The van der Waals surface area contributed by atoms with E-state index < -0.39 is 16.0 Å². The zero-order valence-corrected chi connectivity index (χ0v) is 15.3. The molecule has 0 aliphatic carbocycles. The minimum atomic E-state index is -3.67. The summed E-state index contributed by atoms with van der Waals surface area (Å²) in [4.78, 5) is 15.5. The van der Waals surface area contributed by atoms with Crippen LogP contribution in [0.1, 0.15) is 21.5 Å². The summed E-state index contributed by atoms with van der Waals surface area (Å²) in [5.74, 6) is 0.134. The van der Waals surface area contributed by atoms with Crippen LogP contribution in [-0.4, -0.2) is 37.7 Å². The maximum atomic E-state index is 11.9. The predicted molar refractivity (Wildman–Crippen MR) is 103 cm³/mol. The van der Waals surface area contributed by atoms with Crippen LogP contribution in [0.5, 0.6) is 5.75 Å². The van der Waals surface area contributed by atoms with Crippen LogP contribution in [0.15, 0.2) is 59.6 Å². The minimum absolute atomic E-state index is 0.244. The second-order valence-corrected chi connectivity index (χ2v) is 7.05. The van der Waals surface area contributed by atoms with E-state index in [9.17, 15) is 13.2 Å². The van der Waals surface area contributed by atoms with E-state index in [0.29, 0.717) is 18.4 Å². The number of carbonyl (C=O) groups excluding carboxylic acids is 1. The Morgan fingerprint density at radius 2 is 1.81 bits per heavy atom. The average Bonchev–Trinajstić information content (AvgIpc) is 2.59. The van der Waals surface area contributed by atoms with E-state index in [1.165, 1.54) is 0 Å². The van der Waals surface area contributed by atoms with Gasteiger partial charge >= 0.3 is 0 Å². The van der Waals surface area contributed by atoms with Crippen molar-refractivity contribution >= 4 is 27.6 Å². The molecule has 3 rings (SSSR count). The molecule has 0 saturated carbocycles. The second-order valence-electron chi connectivity index (χ2n) is 5.58. The highest BCUT2D eigenvalue weighted by Crippen LogP contribution is 2.34. The number of fused-ring (bicyclic) bond motifs is 1. The van der Waals surface area contributed by atoms with Crippen molar-refractivity contribution in [3.8, 4) is 5.75 Å². The van der Waals surface area contributed by atoms with Gasteiger partial charge in [0.1, 0.15) is 12.4 Å². The molecule has 2 aromatic carbocycles. The quantitative estimate of drug-likeness (QED) is 0.400. The van der Waals surface area contributed by atoms with Crippen LogP contribution in [0.3, 0.4) is 0 Å². The molecule has 0 atom stereocenters. The summed E-state index contributed by atoms with van der Waals surface area (Å²) in [7, 11) is -3.67. The van der Waals surface area contributed by atoms with Gasteiger partial charge in [-0.25, -0.2) is 0 Å². The SMILES string of the molecule is CS(=O)(=O)O.NC(N)=NC(=O)c1cccc(C2=CCOc3ccccc32)c1. The molecule has 0 unspecified atom stereocenters. The lowest BCUT2D eigenvalue weighted by Gasteiger charge is -2.19. The van der Waals surface area contributed by atoms with Crippen molar-refractivity contribution in [1.29, 1.82) is 0 Å². The zero-order chi connectivity index (χ0) is 20.0. The molecular formula is C18H19N3O5S. The van der Waals surface area contributed by atoms with Gasteiger partial charge in [0, 0.05) is 11.1 Å². The second kappa shape index (κ2) is 8.47. The van der Waals surface area contributed by atoms with Crippen molar-refractivity contribution in [2.45, 2.75) is 0 Å². The molecule has 1 heterocycles. The van der Waals surface area contributed by atoms with Crippen molar-refractivity contribution in [2.75, 3.05) is 12.9 Å². The number of guanidine groups is 1. The number of hydrogen-bond acceptors (Lipinski definition) is 4. The molecule has 27 heavy (non-hydrogen) atoms. The molecule has 0 spiro atoms.